The number of aromatic amines is 2. The van der Waals surface area contributed by atoms with Crippen molar-refractivity contribution in [1.29, 1.82) is 0 Å². The molecule has 0 amide bonds. The Hall–Kier alpha value is -5.22. The number of ether oxygens (including phenoxy) is 3. The number of rotatable bonds is 11. The predicted molar refractivity (Wildman–Crippen MR) is 205 cm³/mol. The number of carbonyl (C=O) groups excluding carboxylic acids is 2. The number of fused-ring (bicyclic) bond motifs is 11. The second kappa shape index (κ2) is 14.8. The van der Waals surface area contributed by atoms with Gasteiger partial charge in [-0.25, -0.2) is 4.98 Å². The molecule has 5 heterocycles. The van der Waals surface area contributed by atoms with Crippen molar-refractivity contribution in [2.45, 2.75) is 73.1 Å². The second-order valence-electron chi connectivity index (χ2n) is 13.8. The predicted octanol–water partition coefficient (Wildman–Crippen LogP) is 8.09. The van der Waals surface area contributed by atoms with Crippen molar-refractivity contribution >= 4 is 56.8 Å². The van der Waals surface area contributed by atoms with Gasteiger partial charge < -0.3 is 29.3 Å². The zero-order valence-corrected chi connectivity index (χ0v) is 31.2. The summed E-state index contributed by atoms with van der Waals surface area (Å²) in [6.07, 6.45) is 7.05. The topological polar surface area (TPSA) is 139 Å². The standard InChI is InChI=1S/C42H48N4O6/c1-9-28-24(4)32-20-36-30-13-11-23(3)27(7)42(30,8)38(46-36)22-33-26(6)41(52-18-17-51-39(48)10-2)37(45-33)21-35-29(12-14-40(49)50-16-15-47)25(5)31(44-35)19-34(28)43-32/h9,11,13,19-22,27,43,45,47H,1,10,12,14-18H2,2-8H3/t27-,42-/m1/s1. The molecule has 52 heavy (non-hydrogen) atoms. The molecular formula is C42H48N4O6. The number of allylic oxidation sites excluding steroid dienone is 6. The zero-order valence-electron chi connectivity index (χ0n) is 31.2. The summed E-state index contributed by atoms with van der Waals surface area (Å²) >= 11 is 0. The van der Waals surface area contributed by atoms with Crippen LogP contribution in [0.25, 0.3) is 44.9 Å². The highest BCUT2D eigenvalue weighted by atomic mass is 16.6. The number of nitrogens with one attached hydrogen (secondary N) is 2. The number of aryl methyl sites for hydroxylation is 2. The smallest absolute Gasteiger partial charge is 0.306 e. The number of H-pyrrole nitrogens is 2. The van der Waals surface area contributed by atoms with Gasteiger partial charge in [-0.05, 0) is 93.5 Å². The molecule has 0 radical (unpaired) electrons. The normalized spacial score (nSPS) is 18.0. The number of hydrogen-bond donors (Lipinski definition) is 3. The lowest BCUT2D eigenvalue weighted by atomic mass is 9.65. The number of aromatic nitrogens is 4. The average Bonchev–Trinajstić information content (AvgIpc) is 3.78. The number of aliphatic hydroxyl groups is 1. The monoisotopic (exact) mass is 704 g/mol. The summed E-state index contributed by atoms with van der Waals surface area (Å²) in [6.45, 7) is 18.7. The molecule has 1 aliphatic carbocycles. The summed E-state index contributed by atoms with van der Waals surface area (Å²) in [5, 5.41) is 9.15. The Morgan fingerprint density at radius 1 is 0.885 bits per heavy atom. The molecule has 10 heteroatoms. The Balaban J connectivity index is 1.64. The van der Waals surface area contributed by atoms with Gasteiger partial charge in [-0.2, -0.15) is 0 Å². The van der Waals surface area contributed by atoms with Gasteiger partial charge in [0, 0.05) is 45.9 Å². The van der Waals surface area contributed by atoms with E-state index >= 15 is 0 Å². The molecule has 0 saturated carbocycles. The van der Waals surface area contributed by atoms with E-state index in [4.69, 9.17) is 29.3 Å². The molecule has 3 N–H and O–H groups in total. The molecular weight excluding hydrogens is 656 g/mol. The number of esters is 2. The van der Waals surface area contributed by atoms with Crippen molar-refractivity contribution in [3.63, 3.8) is 0 Å². The van der Waals surface area contributed by atoms with E-state index in [1.807, 2.05) is 32.1 Å². The Morgan fingerprint density at radius 3 is 2.31 bits per heavy atom. The molecule has 2 aliphatic heterocycles. The number of hydrogen-bond acceptors (Lipinski definition) is 8. The summed E-state index contributed by atoms with van der Waals surface area (Å²) in [5.41, 5.74) is 13.4. The van der Waals surface area contributed by atoms with Gasteiger partial charge >= 0.3 is 11.9 Å². The van der Waals surface area contributed by atoms with Crippen LogP contribution < -0.4 is 4.74 Å². The van der Waals surface area contributed by atoms with E-state index in [1.54, 1.807) is 6.92 Å². The number of nitrogens with zero attached hydrogens (tertiary/aromatic N) is 2. The first-order chi connectivity index (χ1) is 24.9. The summed E-state index contributed by atoms with van der Waals surface area (Å²) in [7, 11) is 0. The van der Waals surface area contributed by atoms with Crippen molar-refractivity contribution in [1.82, 2.24) is 19.9 Å². The van der Waals surface area contributed by atoms with Crippen molar-refractivity contribution in [2.75, 3.05) is 26.4 Å². The largest absolute Gasteiger partial charge is 0.487 e. The van der Waals surface area contributed by atoms with Crippen LogP contribution in [-0.2, 0) is 24.5 Å². The van der Waals surface area contributed by atoms with Crippen LogP contribution in [0.4, 0.5) is 0 Å². The fourth-order valence-electron chi connectivity index (χ4n) is 7.37. The number of carbonyl (C=O) groups is 2. The van der Waals surface area contributed by atoms with E-state index in [0.29, 0.717) is 23.4 Å². The summed E-state index contributed by atoms with van der Waals surface area (Å²) in [6, 6.07) is 8.23. The molecule has 0 spiro atoms. The molecule has 3 aliphatic rings. The van der Waals surface area contributed by atoms with Crippen LogP contribution in [0.1, 0.15) is 93.3 Å². The van der Waals surface area contributed by atoms with Crippen LogP contribution in [0.15, 0.2) is 48.6 Å². The molecule has 6 rings (SSSR count). The minimum atomic E-state index is -0.394. The summed E-state index contributed by atoms with van der Waals surface area (Å²) < 4.78 is 16.8. The van der Waals surface area contributed by atoms with Gasteiger partial charge in [0.1, 0.15) is 25.6 Å². The molecule has 8 bridgehead atoms. The quantitative estimate of drug-likeness (QED) is 0.134. The van der Waals surface area contributed by atoms with E-state index < -0.39 is 5.97 Å². The SMILES string of the molecule is C=Cc1c(C)c2cc3nc(cc4[nH]c(cc5nc(cc1[nH]2)C(C)=C5CCC(=O)OCCO)c(OCCOC(=O)CC)c4C)[C@@]1(C)C3=CC=C(C)[C@H]1C. The van der Waals surface area contributed by atoms with Crippen molar-refractivity contribution in [2.24, 2.45) is 5.92 Å². The fraction of sp³-hybridized carbons (Fsp3) is 0.381. The van der Waals surface area contributed by atoms with Crippen molar-refractivity contribution in [3.05, 3.63) is 88.0 Å². The van der Waals surface area contributed by atoms with Gasteiger partial charge in [0.05, 0.1) is 34.9 Å². The third kappa shape index (κ3) is 6.63. The van der Waals surface area contributed by atoms with Crippen LogP contribution >= 0.6 is 0 Å². The van der Waals surface area contributed by atoms with Crippen LogP contribution in [0.5, 0.6) is 5.75 Å². The van der Waals surface area contributed by atoms with Crippen molar-refractivity contribution < 1.29 is 28.9 Å². The second-order valence-corrected chi connectivity index (χ2v) is 13.8. The van der Waals surface area contributed by atoms with Crippen LogP contribution in [0.2, 0.25) is 0 Å². The Morgan fingerprint density at radius 2 is 1.58 bits per heavy atom. The Bertz CT molecular complexity index is 2220. The lowest BCUT2D eigenvalue weighted by molar-refractivity contribution is -0.145. The maximum absolute atomic E-state index is 12.6. The van der Waals surface area contributed by atoms with E-state index in [1.165, 1.54) is 5.57 Å². The van der Waals surface area contributed by atoms with Crippen molar-refractivity contribution in [3.8, 4) is 5.75 Å². The fourth-order valence-corrected chi connectivity index (χ4v) is 7.37. The third-order valence-corrected chi connectivity index (χ3v) is 10.8. The van der Waals surface area contributed by atoms with Gasteiger partial charge in [-0.3, -0.25) is 14.6 Å². The molecule has 3 aromatic rings. The highest BCUT2D eigenvalue weighted by Gasteiger charge is 2.45. The summed E-state index contributed by atoms with van der Waals surface area (Å²) in [5.74, 6) is 0.127. The van der Waals surface area contributed by atoms with Crippen LogP contribution in [0.3, 0.4) is 0 Å². The van der Waals surface area contributed by atoms with Crippen LogP contribution in [-0.4, -0.2) is 63.4 Å². The van der Waals surface area contributed by atoms with Gasteiger partial charge in [0.15, 0.2) is 0 Å². The summed E-state index contributed by atoms with van der Waals surface area (Å²) in [4.78, 5) is 42.1. The van der Waals surface area contributed by atoms with Gasteiger partial charge in [-0.1, -0.05) is 44.2 Å². The molecule has 3 aromatic heterocycles. The van der Waals surface area contributed by atoms with E-state index in [2.05, 4.69) is 68.5 Å². The highest BCUT2D eigenvalue weighted by Crippen LogP contribution is 2.51. The highest BCUT2D eigenvalue weighted by molar-refractivity contribution is 5.95. The first-order valence-corrected chi connectivity index (χ1v) is 17.9. The van der Waals surface area contributed by atoms with E-state index in [9.17, 15) is 9.59 Å². The molecule has 272 valence electrons. The molecule has 0 unspecified atom stereocenters. The van der Waals surface area contributed by atoms with Gasteiger partial charge in [0.25, 0.3) is 0 Å². The Kier molecular flexibility index (Phi) is 10.4. The first kappa shape index (κ1) is 36.6. The lowest BCUT2D eigenvalue weighted by Gasteiger charge is -2.36. The molecule has 0 saturated heterocycles. The maximum Gasteiger partial charge on any atom is 0.306 e. The van der Waals surface area contributed by atoms with E-state index in [0.717, 1.165) is 67.0 Å². The van der Waals surface area contributed by atoms with E-state index in [-0.39, 0.29) is 56.6 Å². The molecule has 0 aromatic carbocycles. The number of aliphatic hydroxyl groups excluding tert-OH is 1. The average molecular weight is 705 g/mol. The maximum atomic E-state index is 12.6. The van der Waals surface area contributed by atoms with Gasteiger partial charge in [-0.15, -0.1) is 0 Å². The first-order valence-electron chi connectivity index (χ1n) is 17.9. The molecule has 0 fully saturated rings. The van der Waals surface area contributed by atoms with Gasteiger partial charge in [0.2, 0.25) is 0 Å². The zero-order chi connectivity index (χ0) is 37.3. The minimum Gasteiger partial charge on any atom is -0.487 e. The third-order valence-electron chi connectivity index (χ3n) is 10.8. The minimum absolute atomic E-state index is 0.0460. The molecule has 2 atom stereocenters. The Labute approximate surface area is 304 Å². The molecule has 10 nitrogen and oxygen atoms in total. The lowest BCUT2D eigenvalue weighted by Crippen LogP contribution is -2.31. The van der Waals surface area contributed by atoms with Crippen LogP contribution in [0, 0.1) is 19.8 Å².